The van der Waals surface area contributed by atoms with E-state index < -0.39 is 6.04 Å². The number of amides is 1. The predicted molar refractivity (Wildman–Crippen MR) is 115 cm³/mol. The summed E-state index contributed by atoms with van der Waals surface area (Å²) in [5.74, 6) is -0.222. The van der Waals surface area contributed by atoms with Gasteiger partial charge in [0.15, 0.2) is 5.11 Å². The van der Waals surface area contributed by atoms with Crippen LogP contribution in [0.15, 0.2) is 47.7 Å². The van der Waals surface area contributed by atoms with Gasteiger partial charge < -0.3 is 16.0 Å². The van der Waals surface area contributed by atoms with Gasteiger partial charge in [0.2, 0.25) is 0 Å². The number of carbonyl (C=O) groups is 1. The van der Waals surface area contributed by atoms with Crippen molar-refractivity contribution < 1.29 is 4.79 Å². The molecule has 0 spiro atoms. The van der Waals surface area contributed by atoms with Gasteiger partial charge >= 0.3 is 0 Å². The SMILES string of the molecule is CC1=C(C(=O)Nc2cccc(C)c2C)[C@@H](c2ccc(Cl)cc2Cl)NC(=S)N1. The van der Waals surface area contributed by atoms with Gasteiger partial charge in [-0.1, -0.05) is 41.4 Å². The van der Waals surface area contributed by atoms with E-state index in [0.717, 1.165) is 22.4 Å². The van der Waals surface area contributed by atoms with Crippen LogP contribution in [0.4, 0.5) is 5.69 Å². The number of hydrogen-bond acceptors (Lipinski definition) is 2. The zero-order valence-corrected chi connectivity index (χ0v) is 17.4. The third kappa shape index (κ3) is 4.10. The second kappa shape index (κ2) is 7.89. The summed E-state index contributed by atoms with van der Waals surface area (Å²) in [6, 6.07) is 10.5. The predicted octanol–water partition coefficient (Wildman–Crippen LogP) is 5.04. The van der Waals surface area contributed by atoms with Gasteiger partial charge in [-0.15, -0.1) is 0 Å². The quantitative estimate of drug-likeness (QED) is 0.609. The lowest BCUT2D eigenvalue weighted by Crippen LogP contribution is -2.45. The molecule has 0 aromatic heterocycles. The van der Waals surface area contributed by atoms with Gasteiger partial charge in [0.05, 0.1) is 11.6 Å². The Morgan fingerprint density at radius 3 is 2.59 bits per heavy atom. The maximum atomic E-state index is 13.1. The molecule has 2 aromatic rings. The highest BCUT2D eigenvalue weighted by Gasteiger charge is 2.31. The van der Waals surface area contributed by atoms with Crippen molar-refractivity contribution >= 4 is 52.1 Å². The molecule has 0 saturated heterocycles. The first-order chi connectivity index (χ1) is 12.8. The lowest BCUT2D eigenvalue weighted by atomic mass is 9.94. The minimum absolute atomic E-state index is 0.222. The second-order valence-corrected chi connectivity index (χ2v) is 7.69. The second-order valence-electron chi connectivity index (χ2n) is 6.44. The summed E-state index contributed by atoms with van der Waals surface area (Å²) < 4.78 is 0. The maximum absolute atomic E-state index is 13.1. The first-order valence-corrected chi connectivity index (χ1v) is 9.55. The van der Waals surface area contributed by atoms with Crippen molar-refractivity contribution in [1.82, 2.24) is 10.6 Å². The molecule has 0 aliphatic carbocycles. The van der Waals surface area contributed by atoms with Gasteiger partial charge in [0.25, 0.3) is 5.91 Å². The molecule has 2 aromatic carbocycles. The zero-order valence-electron chi connectivity index (χ0n) is 15.1. The van der Waals surface area contributed by atoms with E-state index in [-0.39, 0.29) is 5.91 Å². The van der Waals surface area contributed by atoms with Gasteiger partial charge in [-0.25, -0.2) is 0 Å². The average molecular weight is 420 g/mol. The molecule has 7 heteroatoms. The Balaban J connectivity index is 2.01. The standard InChI is InChI=1S/C20H19Cl2N3OS/c1-10-5-4-6-16(11(10)2)24-19(26)17-12(3)23-20(27)25-18(17)14-8-7-13(21)9-15(14)22/h4-9,18H,1-3H3,(H,24,26)(H2,23,25,27)/t18-/m1/s1. The van der Waals surface area contributed by atoms with E-state index >= 15 is 0 Å². The van der Waals surface area contributed by atoms with E-state index in [9.17, 15) is 4.79 Å². The first kappa shape index (κ1) is 19.7. The molecule has 0 fully saturated rings. The third-order valence-corrected chi connectivity index (χ3v) is 5.42. The summed E-state index contributed by atoms with van der Waals surface area (Å²) in [5.41, 5.74) is 4.84. The van der Waals surface area contributed by atoms with Crippen molar-refractivity contribution in [3.63, 3.8) is 0 Å². The van der Waals surface area contributed by atoms with Crippen molar-refractivity contribution in [3.05, 3.63) is 74.4 Å². The van der Waals surface area contributed by atoms with Gasteiger partial charge in [-0.05, 0) is 67.9 Å². The number of allylic oxidation sites excluding steroid dienone is 1. The highest BCUT2D eigenvalue weighted by molar-refractivity contribution is 7.80. The van der Waals surface area contributed by atoms with Crippen LogP contribution in [0.25, 0.3) is 0 Å². The topological polar surface area (TPSA) is 53.2 Å². The number of rotatable bonds is 3. The fourth-order valence-corrected chi connectivity index (χ4v) is 3.83. The van der Waals surface area contributed by atoms with E-state index in [1.165, 1.54) is 0 Å². The molecule has 1 heterocycles. The number of nitrogens with one attached hydrogen (secondary N) is 3. The van der Waals surface area contributed by atoms with E-state index in [2.05, 4.69) is 16.0 Å². The summed E-state index contributed by atoms with van der Waals surface area (Å²) in [4.78, 5) is 13.1. The van der Waals surface area contributed by atoms with Crippen LogP contribution >= 0.6 is 35.4 Å². The molecule has 4 nitrogen and oxygen atoms in total. The normalized spacial score (nSPS) is 16.6. The summed E-state index contributed by atoms with van der Waals surface area (Å²) in [6.45, 7) is 5.81. The number of hydrogen-bond donors (Lipinski definition) is 3. The van der Waals surface area contributed by atoms with Gasteiger partial charge in [-0.2, -0.15) is 0 Å². The summed E-state index contributed by atoms with van der Waals surface area (Å²) in [6.07, 6.45) is 0. The average Bonchev–Trinajstić information content (AvgIpc) is 2.58. The number of anilines is 1. The summed E-state index contributed by atoms with van der Waals surface area (Å²) >= 11 is 17.7. The zero-order chi connectivity index (χ0) is 19.7. The molecule has 1 aliphatic rings. The lowest BCUT2D eigenvalue weighted by Gasteiger charge is -2.31. The molecular weight excluding hydrogens is 401 g/mol. The Labute approximate surface area is 173 Å². The van der Waals surface area contributed by atoms with Crippen molar-refractivity contribution in [2.24, 2.45) is 0 Å². The van der Waals surface area contributed by atoms with Crippen molar-refractivity contribution in [3.8, 4) is 0 Å². The Bertz CT molecular complexity index is 972. The summed E-state index contributed by atoms with van der Waals surface area (Å²) in [5, 5.41) is 10.6. The molecule has 3 N–H and O–H groups in total. The number of benzene rings is 2. The highest BCUT2D eigenvalue weighted by atomic mass is 35.5. The van der Waals surface area contributed by atoms with Gasteiger partial charge in [-0.3, -0.25) is 4.79 Å². The van der Waals surface area contributed by atoms with Crippen LogP contribution in [-0.2, 0) is 4.79 Å². The summed E-state index contributed by atoms with van der Waals surface area (Å²) in [7, 11) is 0. The molecule has 27 heavy (non-hydrogen) atoms. The highest BCUT2D eigenvalue weighted by Crippen LogP contribution is 2.34. The van der Waals surface area contributed by atoms with Crippen molar-refractivity contribution in [2.45, 2.75) is 26.8 Å². The van der Waals surface area contributed by atoms with Crippen LogP contribution in [0.5, 0.6) is 0 Å². The smallest absolute Gasteiger partial charge is 0.255 e. The molecule has 140 valence electrons. The number of thiocarbonyl (C=S) groups is 1. The maximum Gasteiger partial charge on any atom is 0.255 e. The molecule has 0 saturated carbocycles. The van der Waals surface area contributed by atoms with Gasteiger partial charge in [0, 0.05) is 21.4 Å². The molecule has 1 aliphatic heterocycles. The minimum Gasteiger partial charge on any atom is -0.351 e. The van der Waals surface area contributed by atoms with E-state index in [0.29, 0.717) is 26.4 Å². The Morgan fingerprint density at radius 1 is 1.15 bits per heavy atom. The van der Waals surface area contributed by atoms with E-state index in [1.54, 1.807) is 18.2 Å². The van der Waals surface area contributed by atoms with E-state index in [4.69, 9.17) is 35.4 Å². The number of carbonyl (C=O) groups excluding carboxylic acids is 1. The fourth-order valence-electron chi connectivity index (χ4n) is 3.04. The van der Waals surface area contributed by atoms with Crippen LogP contribution in [0, 0.1) is 13.8 Å². The number of aryl methyl sites for hydroxylation is 1. The molecule has 3 rings (SSSR count). The Morgan fingerprint density at radius 2 is 1.89 bits per heavy atom. The number of halogens is 2. The lowest BCUT2D eigenvalue weighted by molar-refractivity contribution is -0.113. The van der Waals surface area contributed by atoms with Crippen LogP contribution < -0.4 is 16.0 Å². The van der Waals surface area contributed by atoms with Crippen LogP contribution in [0.2, 0.25) is 10.0 Å². The van der Waals surface area contributed by atoms with Crippen LogP contribution in [0.3, 0.4) is 0 Å². The molecule has 0 radical (unpaired) electrons. The molecular formula is C20H19Cl2N3OS. The molecule has 0 unspecified atom stereocenters. The molecule has 1 atom stereocenters. The molecule has 1 amide bonds. The Kier molecular flexibility index (Phi) is 5.75. The monoisotopic (exact) mass is 419 g/mol. The van der Waals surface area contributed by atoms with Crippen molar-refractivity contribution in [1.29, 1.82) is 0 Å². The van der Waals surface area contributed by atoms with E-state index in [1.807, 2.05) is 39.0 Å². The third-order valence-electron chi connectivity index (χ3n) is 4.64. The fraction of sp³-hybridized carbons (Fsp3) is 0.200. The first-order valence-electron chi connectivity index (χ1n) is 8.38. The van der Waals surface area contributed by atoms with Crippen LogP contribution in [-0.4, -0.2) is 11.0 Å². The largest absolute Gasteiger partial charge is 0.351 e. The Hall–Kier alpha value is -2.08. The minimum atomic E-state index is -0.478. The van der Waals surface area contributed by atoms with Gasteiger partial charge in [0.1, 0.15) is 0 Å². The van der Waals surface area contributed by atoms with Crippen LogP contribution in [0.1, 0.15) is 29.7 Å². The van der Waals surface area contributed by atoms with Crippen molar-refractivity contribution in [2.75, 3.05) is 5.32 Å². The molecule has 0 bridgehead atoms.